The summed E-state index contributed by atoms with van der Waals surface area (Å²) < 4.78 is 0. The van der Waals surface area contributed by atoms with E-state index in [0.717, 1.165) is 0 Å². The van der Waals surface area contributed by atoms with Crippen LogP contribution in [0, 0.1) is 5.41 Å². The minimum Gasteiger partial charge on any atom is -0.342 e. The number of carbonyl (C=O) groups is 2. The number of hydrogen-bond donors (Lipinski definition) is 1. The van der Waals surface area contributed by atoms with Crippen molar-refractivity contribution in [2.45, 2.75) is 39.8 Å². The lowest BCUT2D eigenvalue weighted by Gasteiger charge is -2.42. The van der Waals surface area contributed by atoms with Crippen molar-refractivity contribution >= 4 is 40.7 Å². The third kappa shape index (κ3) is 3.01. The molecule has 21 heavy (non-hydrogen) atoms. The maximum Gasteiger partial charge on any atom is 0.250 e. The molecule has 2 atom stereocenters. The molecule has 0 saturated carbocycles. The van der Waals surface area contributed by atoms with Gasteiger partial charge in [0.2, 0.25) is 5.91 Å². The molecule has 1 saturated heterocycles. The maximum absolute atomic E-state index is 12.8. The van der Waals surface area contributed by atoms with Gasteiger partial charge >= 0.3 is 0 Å². The summed E-state index contributed by atoms with van der Waals surface area (Å²) in [5, 5.41) is 3.64. The van der Waals surface area contributed by atoms with Crippen LogP contribution in [-0.2, 0) is 9.59 Å². The second-order valence-electron chi connectivity index (χ2n) is 6.29. The van der Waals surface area contributed by atoms with Crippen LogP contribution in [0.1, 0.15) is 27.7 Å². The Balaban J connectivity index is 2.51. The fourth-order valence-electron chi connectivity index (χ4n) is 2.36. The topological polar surface area (TPSA) is 49.4 Å². The van der Waals surface area contributed by atoms with Crippen molar-refractivity contribution in [1.29, 1.82) is 0 Å². The van der Waals surface area contributed by atoms with Gasteiger partial charge in [-0.25, -0.2) is 0 Å². The van der Waals surface area contributed by atoms with Gasteiger partial charge in [0.1, 0.15) is 12.1 Å². The highest BCUT2D eigenvalue weighted by Crippen LogP contribution is 2.34. The van der Waals surface area contributed by atoms with Gasteiger partial charge in [0.15, 0.2) is 0 Å². The molecule has 1 heterocycles. The van der Waals surface area contributed by atoms with Crippen molar-refractivity contribution in [3.05, 3.63) is 28.2 Å². The molecule has 1 aromatic rings. The Morgan fingerprint density at radius 2 is 1.81 bits per heavy atom. The van der Waals surface area contributed by atoms with E-state index in [2.05, 4.69) is 5.32 Å². The fourth-order valence-corrected chi connectivity index (χ4v) is 2.73. The van der Waals surface area contributed by atoms with Crippen LogP contribution < -0.4 is 10.2 Å². The van der Waals surface area contributed by atoms with Crippen LogP contribution in [0.2, 0.25) is 10.0 Å². The number of rotatable bonds is 1. The molecule has 0 radical (unpaired) electrons. The molecule has 0 aromatic heterocycles. The molecule has 1 fully saturated rings. The number of amides is 2. The summed E-state index contributed by atoms with van der Waals surface area (Å²) in [5.41, 5.74) is 0.0710. The Bertz CT molecular complexity index is 596. The van der Waals surface area contributed by atoms with Crippen molar-refractivity contribution < 1.29 is 9.59 Å². The minimum atomic E-state index is -0.632. The number of piperazine rings is 1. The van der Waals surface area contributed by atoms with Crippen molar-refractivity contribution in [2.75, 3.05) is 4.90 Å². The van der Waals surface area contributed by atoms with Gasteiger partial charge in [0, 0.05) is 5.02 Å². The van der Waals surface area contributed by atoms with E-state index in [0.29, 0.717) is 15.7 Å². The van der Waals surface area contributed by atoms with Crippen molar-refractivity contribution in [3.63, 3.8) is 0 Å². The van der Waals surface area contributed by atoms with Crippen LogP contribution in [0.15, 0.2) is 18.2 Å². The maximum atomic E-state index is 12.8. The quantitative estimate of drug-likeness (QED) is 0.860. The van der Waals surface area contributed by atoms with Gasteiger partial charge in [-0.05, 0) is 30.5 Å². The van der Waals surface area contributed by atoms with Crippen LogP contribution >= 0.6 is 23.2 Å². The average Bonchev–Trinajstić information content (AvgIpc) is 2.36. The number of halogens is 2. The van der Waals surface area contributed by atoms with Crippen molar-refractivity contribution in [2.24, 2.45) is 5.41 Å². The standard InChI is InChI=1S/C15H18Cl2N2O2/c1-8-13(20)18-12(15(2,3)4)14(21)19(8)11-7-9(16)5-6-10(11)17/h5-8,12H,1-4H3,(H,18,20). The predicted octanol–water partition coefficient (Wildman–Crippen LogP) is 3.26. The average molecular weight is 329 g/mol. The van der Waals surface area contributed by atoms with Crippen LogP contribution in [0.3, 0.4) is 0 Å². The first-order valence-electron chi connectivity index (χ1n) is 6.71. The molecule has 2 amide bonds. The lowest BCUT2D eigenvalue weighted by molar-refractivity contribution is -0.136. The Kier molecular flexibility index (Phi) is 4.22. The highest BCUT2D eigenvalue weighted by molar-refractivity contribution is 6.36. The zero-order valence-electron chi connectivity index (χ0n) is 12.4. The summed E-state index contributed by atoms with van der Waals surface area (Å²) >= 11 is 12.2. The normalized spacial score (nSPS) is 23.2. The van der Waals surface area contributed by atoms with Crippen LogP contribution in [-0.4, -0.2) is 23.9 Å². The highest BCUT2D eigenvalue weighted by atomic mass is 35.5. The van der Waals surface area contributed by atoms with Gasteiger partial charge in [0.05, 0.1) is 10.7 Å². The van der Waals surface area contributed by atoms with E-state index < -0.39 is 17.5 Å². The first-order chi connectivity index (χ1) is 9.62. The second-order valence-corrected chi connectivity index (χ2v) is 7.13. The van der Waals surface area contributed by atoms with Gasteiger partial charge in [-0.1, -0.05) is 44.0 Å². The van der Waals surface area contributed by atoms with Gasteiger partial charge in [0.25, 0.3) is 5.91 Å². The zero-order chi connectivity index (χ0) is 15.9. The largest absolute Gasteiger partial charge is 0.342 e. The number of nitrogens with zero attached hydrogens (tertiary/aromatic N) is 1. The molecule has 114 valence electrons. The van der Waals surface area contributed by atoms with E-state index in [1.807, 2.05) is 20.8 Å². The van der Waals surface area contributed by atoms with Gasteiger partial charge < -0.3 is 5.32 Å². The molecule has 0 spiro atoms. The van der Waals surface area contributed by atoms with Crippen molar-refractivity contribution in [3.8, 4) is 0 Å². The van der Waals surface area contributed by atoms with Crippen LogP contribution in [0.5, 0.6) is 0 Å². The first kappa shape index (κ1) is 16.1. The fraction of sp³-hybridized carbons (Fsp3) is 0.467. The molecule has 0 bridgehead atoms. The summed E-state index contributed by atoms with van der Waals surface area (Å²) in [6.45, 7) is 7.39. The molecule has 1 aliphatic rings. The lowest BCUT2D eigenvalue weighted by atomic mass is 9.84. The molecule has 2 unspecified atom stereocenters. The molecule has 1 N–H and O–H groups in total. The third-order valence-electron chi connectivity index (χ3n) is 3.57. The monoisotopic (exact) mass is 328 g/mol. The molecule has 0 aliphatic carbocycles. The Labute approximate surface area is 134 Å². The predicted molar refractivity (Wildman–Crippen MR) is 84.8 cm³/mol. The number of nitrogens with one attached hydrogen (secondary N) is 1. The Morgan fingerprint density at radius 3 is 2.38 bits per heavy atom. The molecule has 6 heteroatoms. The summed E-state index contributed by atoms with van der Waals surface area (Å²) in [5.74, 6) is -0.385. The molecule has 4 nitrogen and oxygen atoms in total. The van der Waals surface area contributed by atoms with E-state index in [9.17, 15) is 9.59 Å². The van der Waals surface area contributed by atoms with Crippen LogP contribution in [0.4, 0.5) is 5.69 Å². The van der Waals surface area contributed by atoms with E-state index in [1.54, 1.807) is 25.1 Å². The van der Waals surface area contributed by atoms with Crippen molar-refractivity contribution in [1.82, 2.24) is 5.32 Å². The molecule has 1 aromatic carbocycles. The van der Waals surface area contributed by atoms with Gasteiger partial charge in [-0.3, -0.25) is 14.5 Å². The Morgan fingerprint density at radius 1 is 1.19 bits per heavy atom. The van der Waals surface area contributed by atoms with Gasteiger partial charge in [-0.15, -0.1) is 0 Å². The van der Waals surface area contributed by atoms with Gasteiger partial charge in [-0.2, -0.15) is 0 Å². The minimum absolute atomic E-state index is 0.182. The van der Waals surface area contributed by atoms with E-state index in [-0.39, 0.29) is 11.8 Å². The lowest BCUT2D eigenvalue weighted by Crippen LogP contribution is -2.66. The highest BCUT2D eigenvalue weighted by Gasteiger charge is 2.44. The first-order valence-corrected chi connectivity index (χ1v) is 7.47. The number of benzene rings is 1. The van der Waals surface area contributed by atoms with Crippen LogP contribution in [0.25, 0.3) is 0 Å². The van der Waals surface area contributed by atoms with E-state index in [1.165, 1.54) is 4.90 Å². The molecular formula is C15H18Cl2N2O2. The summed E-state index contributed by atoms with van der Waals surface area (Å²) in [4.78, 5) is 26.4. The summed E-state index contributed by atoms with van der Waals surface area (Å²) in [6.07, 6.45) is 0. The second kappa shape index (κ2) is 5.50. The van der Waals surface area contributed by atoms with E-state index >= 15 is 0 Å². The summed E-state index contributed by atoms with van der Waals surface area (Å²) in [7, 11) is 0. The smallest absolute Gasteiger partial charge is 0.250 e. The molecular weight excluding hydrogens is 311 g/mol. The number of hydrogen-bond acceptors (Lipinski definition) is 2. The number of anilines is 1. The third-order valence-corrected chi connectivity index (χ3v) is 4.13. The zero-order valence-corrected chi connectivity index (χ0v) is 13.9. The number of carbonyl (C=O) groups excluding carboxylic acids is 2. The SMILES string of the molecule is CC1C(=O)NC(C(C)(C)C)C(=O)N1c1cc(Cl)ccc1Cl. The molecule has 1 aliphatic heterocycles. The Hall–Kier alpha value is -1.26. The molecule has 2 rings (SSSR count). The summed E-state index contributed by atoms with van der Waals surface area (Å²) in [6, 6.07) is 3.64. The van der Waals surface area contributed by atoms with E-state index in [4.69, 9.17) is 23.2 Å².